The standard InChI is InChI=1S/C9H11BrF3N3/c1-16-3-2-5(4-16)7-6(10)8(15-14-7)9(11,12)13/h5H,2-4H2,1H3,(H,14,15). The predicted octanol–water partition coefficient (Wildman–Crippen LogP) is 2.61. The van der Waals surface area contributed by atoms with Crippen molar-refractivity contribution < 1.29 is 13.2 Å². The highest BCUT2D eigenvalue weighted by molar-refractivity contribution is 9.10. The second kappa shape index (κ2) is 4.03. The van der Waals surface area contributed by atoms with E-state index in [2.05, 4.69) is 31.0 Å². The molecule has 1 atom stereocenters. The third-order valence-corrected chi connectivity index (χ3v) is 3.60. The summed E-state index contributed by atoms with van der Waals surface area (Å²) >= 11 is 2.98. The van der Waals surface area contributed by atoms with Crippen molar-refractivity contribution in [2.45, 2.75) is 18.5 Å². The van der Waals surface area contributed by atoms with E-state index in [1.807, 2.05) is 7.05 Å². The molecule has 0 spiro atoms. The fourth-order valence-corrected chi connectivity index (χ4v) is 2.70. The minimum atomic E-state index is -4.40. The van der Waals surface area contributed by atoms with Crippen molar-refractivity contribution >= 4 is 15.9 Å². The number of likely N-dealkylation sites (N-methyl/N-ethyl adjacent to an activating group) is 1. The van der Waals surface area contributed by atoms with Crippen molar-refractivity contribution in [2.75, 3.05) is 20.1 Å². The average Bonchev–Trinajstić information content (AvgIpc) is 2.70. The van der Waals surface area contributed by atoms with E-state index in [-0.39, 0.29) is 10.4 Å². The number of aromatic nitrogens is 2. The summed E-state index contributed by atoms with van der Waals surface area (Å²) in [5, 5.41) is 5.84. The van der Waals surface area contributed by atoms with Crippen molar-refractivity contribution in [3.05, 3.63) is 15.9 Å². The molecule has 1 fully saturated rings. The van der Waals surface area contributed by atoms with Gasteiger partial charge in [0.05, 0.1) is 10.2 Å². The average molecular weight is 298 g/mol. The third-order valence-electron chi connectivity index (χ3n) is 2.80. The van der Waals surface area contributed by atoms with E-state index in [4.69, 9.17) is 0 Å². The molecule has 7 heteroatoms. The van der Waals surface area contributed by atoms with Crippen LogP contribution in [0.3, 0.4) is 0 Å². The zero-order valence-electron chi connectivity index (χ0n) is 8.60. The van der Waals surface area contributed by atoms with E-state index in [9.17, 15) is 13.2 Å². The summed E-state index contributed by atoms with van der Waals surface area (Å²) in [6.45, 7) is 1.66. The molecule has 0 aliphatic carbocycles. The van der Waals surface area contributed by atoms with Crippen LogP contribution in [0.1, 0.15) is 23.7 Å². The molecule has 0 bridgehead atoms. The van der Waals surface area contributed by atoms with Crippen LogP contribution in [0.15, 0.2) is 4.47 Å². The van der Waals surface area contributed by atoms with Crippen LogP contribution in [-0.4, -0.2) is 35.2 Å². The number of alkyl halides is 3. The van der Waals surface area contributed by atoms with Crippen LogP contribution in [0, 0.1) is 0 Å². The van der Waals surface area contributed by atoms with E-state index < -0.39 is 11.9 Å². The van der Waals surface area contributed by atoms with Gasteiger partial charge in [0.1, 0.15) is 0 Å². The first-order valence-electron chi connectivity index (χ1n) is 4.89. The summed E-state index contributed by atoms with van der Waals surface area (Å²) in [6.07, 6.45) is -3.55. The summed E-state index contributed by atoms with van der Waals surface area (Å²) in [5.41, 5.74) is -0.311. The van der Waals surface area contributed by atoms with Crippen LogP contribution in [0.4, 0.5) is 13.2 Å². The van der Waals surface area contributed by atoms with Crippen molar-refractivity contribution in [3.63, 3.8) is 0 Å². The number of halogens is 4. The molecular weight excluding hydrogens is 287 g/mol. The van der Waals surface area contributed by atoms with E-state index in [0.29, 0.717) is 5.69 Å². The quantitative estimate of drug-likeness (QED) is 0.864. The van der Waals surface area contributed by atoms with Crippen LogP contribution in [0.2, 0.25) is 0 Å². The largest absolute Gasteiger partial charge is 0.436 e. The zero-order chi connectivity index (χ0) is 11.9. The van der Waals surface area contributed by atoms with Gasteiger partial charge in [-0.15, -0.1) is 0 Å². The molecule has 1 aliphatic rings. The maximum Gasteiger partial charge on any atom is 0.436 e. The van der Waals surface area contributed by atoms with Gasteiger partial charge in [0, 0.05) is 12.5 Å². The van der Waals surface area contributed by atoms with Gasteiger partial charge in [-0.25, -0.2) is 0 Å². The number of hydrogen-bond donors (Lipinski definition) is 1. The van der Waals surface area contributed by atoms with E-state index in [1.54, 1.807) is 0 Å². The molecule has 0 aromatic carbocycles. The van der Waals surface area contributed by atoms with E-state index >= 15 is 0 Å². The number of rotatable bonds is 1. The van der Waals surface area contributed by atoms with Gasteiger partial charge in [0.2, 0.25) is 0 Å². The molecule has 1 unspecified atom stereocenters. The topological polar surface area (TPSA) is 31.9 Å². The van der Waals surface area contributed by atoms with Gasteiger partial charge in [-0.2, -0.15) is 18.3 Å². The number of hydrogen-bond acceptors (Lipinski definition) is 2. The summed E-state index contributed by atoms with van der Waals surface area (Å²) < 4.78 is 37.6. The molecule has 0 saturated carbocycles. The van der Waals surface area contributed by atoms with Crippen molar-refractivity contribution in [2.24, 2.45) is 0 Å². The van der Waals surface area contributed by atoms with Crippen LogP contribution in [-0.2, 0) is 6.18 Å². The normalized spacial score (nSPS) is 22.9. The number of H-pyrrole nitrogens is 1. The first kappa shape index (κ1) is 11.9. The minimum Gasteiger partial charge on any atom is -0.306 e. The highest BCUT2D eigenvalue weighted by Crippen LogP contribution is 2.38. The van der Waals surface area contributed by atoms with Crippen molar-refractivity contribution in [1.82, 2.24) is 15.1 Å². The first-order valence-corrected chi connectivity index (χ1v) is 5.68. The Balaban J connectivity index is 2.27. The highest BCUT2D eigenvalue weighted by Gasteiger charge is 2.39. The maximum absolute atomic E-state index is 12.5. The SMILES string of the molecule is CN1CCC(c2[nH]nc(C(F)(F)F)c2Br)C1. The lowest BCUT2D eigenvalue weighted by atomic mass is 10.1. The molecule has 16 heavy (non-hydrogen) atoms. The second-order valence-electron chi connectivity index (χ2n) is 4.05. The second-order valence-corrected chi connectivity index (χ2v) is 4.84. The maximum atomic E-state index is 12.5. The van der Waals surface area contributed by atoms with Crippen LogP contribution < -0.4 is 0 Å². The predicted molar refractivity (Wildman–Crippen MR) is 56.1 cm³/mol. The molecule has 2 heterocycles. The monoisotopic (exact) mass is 297 g/mol. The number of nitrogens with zero attached hydrogens (tertiary/aromatic N) is 2. The van der Waals surface area contributed by atoms with E-state index in [1.165, 1.54) is 0 Å². The Morgan fingerprint density at radius 1 is 1.50 bits per heavy atom. The molecule has 0 amide bonds. The van der Waals surface area contributed by atoms with Gasteiger partial charge in [0.25, 0.3) is 0 Å². The van der Waals surface area contributed by atoms with Gasteiger partial charge in [0.15, 0.2) is 5.69 Å². The van der Waals surface area contributed by atoms with Gasteiger partial charge in [-0.1, -0.05) is 0 Å². The minimum absolute atomic E-state index is 0.0558. The zero-order valence-corrected chi connectivity index (χ0v) is 10.2. The smallest absolute Gasteiger partial charge is 0.306 e. The van der Waals surface area contributed by atoms with Gasteiger partial charge < -0.3 is 4.90 Å². The summed E-state index contributed by atoms with van der Waals surface area (Å²) in [4.78, 5) is 2.09. The molecule has 1 saturated heterocycles. The van der Waals surface area contributed by atoms with Gasteiger partial charge in [-0.05, 0) is 35.9 Å². The molecule has 0 radical (unpaired) electrons. The fourth-order valence-electron chi connectivity index (χ4n) is 1.97. The molecule has 1 aromatic rings. The first-order chi connectivity index (χ1) is 7.39. The Morgan fingerprint density at radius 2 is 2.19 bits per heavy atom. The van der Waals surface area contributed by atoms with Gasteiger partial charge >= 0.3 is 6.18 Å². The van der Waals surface area contributed by atoms with Crippen molar-refractivity contribution in [3.8, 4) is 0 Å². The molecular formula is C9H11BrF3N3. The highest BCUT2D eigenvalue weighted by atomic mass is 79.9. The van der Waals surface area contributed by atoms with Crippen LogP contribution >= 0.6 is 15.9 Å². The lowest BCUT2D eigenvalue weighted by molar-refractivity contribution is -0.141. The summed E-state index contributed by atoms with van der Waals surface area (Å²) in [5.74, 6) is 0.1000. The molecule has 90 valence electrons. The van der Waals surface area contributed by atoms with Gasteiger partial charge in [-0.3, -0.25) is 5.10 Å². The lowest BCUT2D eigenvalue weighted by Gasteiger charge is -2.09. The molecule has 1 N–H and O–H groups in total. The summed E-state index contributed by atoms with van der Waals surface area (Å²) in [6, 6.07) is 0. The Morgan fingerprint density at radius 3 is 2.62 bits per heavy atom. The Bertz CT molecular complexity index is 388. The molecule has 1 aliphatic heterocycles. The van der Waals surface area contributed by atoms with Crippen LogP contribution in [0.25, 0.3) is 0 Å². The lowest BCUT2D eigenvalue weighted by Crippen LogP contribution is -2.13. The number of aromatic amines is 1. The molecule has 1 aromatic heterocycles. The Hall–Kier alpha value is -0.560. The summed E-state index contributed by atoms with van der Waals surface area (Å²) in [7, 11) is 1.95. The number of nitrogens with one attached hydrogen (secondary N) is 1. The van der Waals surface area contributed by atoms with Crippen LogP contribution in [0.5, 0.6) is 0 Å². The van der Waals surface area contributed by atoms with E-state index in [0.717, 1.165) is 19.5 Å². The Kier molecular flexibility index (Phi) is 3.00. The van der Waals surface area contributed by atoms with Crippen molar-refractivity contribution in [1.29, 1.82) is 0 Å². The number of likely N-dealkylation sites (tertiary alicyclic amines) is 1. The molecule has 3 nitrogen and oxygen atoms in total. The molecule has 2 rings (SSSR count). The third kappa shape index (κ3) is 2.10. The fraction of sp³-hybridized carbons (Fsp3) is 0.667. The Labute approximate surface area is 99.1 Å².